The molecule has 0 saturated heterocycles. The van der Waals surface area contributed by atoms with Crippen molar-refractivity contribution in [3.63, 3.8) is 0 Å². The molecule has 0 spiro atoms. The molecule has 0 bridgehead atoms. The molecule has 116 valence electrons. The van der Waals surface area contributed by atoms with E-state index in [1.165, 1.54) is 17.4 Å². The summed E-state index contributed by atoms with van der Waals surface area (Å²) in [5.41, 5.74) is -0.323. The van der Waals surface area contributed by atoms with Gasteiger partial charge in [-0.25, -0.2) is 17.5 Å². The summed E-state index contributed by atoms with van der Waals surface area (Å²) in [5, 5.41) is 8.76. The van der Waals surface area contributed by atoms with Crippen molar-refractivity contribution in [2.75, 3.05) is 13.6 Å². The molecular formula is C13H15Cl2NO4S. The molecule has 2 atom stereocenters. The highest BCUT2D eigenvalue weighted by Crippen LogP contribution is 2.39. The highest BCUT2D eigenvalue weighted by atomic mass is 35.5. The Bertz CT molecular complexity index is 690. The molecule has 1 saturated carbocycles. The van der Waals surface area contributed by atoms with E-state index in [2.05, 4.69) is 6.92 Å². The van der Waals surface area contributed by atoms with Gasteiger partial charge < -0.3 is 5.11 Å². The number of sulfonamides is 1. The van der Waals surface area contributed by atoms with Crippen LogP contribution >= 0.6 is 23.2 Å². The molecule has 1 N–H and O–H groups in total. The molecule has 0 radical (unpaired) electrons. The maximum absolute atomic E-state index is 12.5. The Morgan fingerprint density at radius 2 is 2.00 bits per heavy atom. The largest absolute Gasteiger partial charge is 0.478 e. The van der Waals surface area contributed by atoms with Gasteiger partial charge in [-0.2, -0.15) is 0 Å². The van der Waals surface area contributed by atoms with E-state index in [-0.39, 0.29) is 20.5 Å². The van der Waals surface area contributed by atoms with Gasteiger partial charge in [0.25, 0.3) is 0 Å². The van der Waals surface area contributed by atoms with Crippen LogP contribution in [0.4, 0.5) is 0 Å². The van der Waals surface area contributed by atoms with Crippen molar-refractivity contribution < 1.29 is 18.3 Å². The average Bonchev–Trinajstić information content (AvgIpc) is 3.06. The minimum atomic E-state index is -3.87. The predicted molar refractivity (Wildman–Crippen MR) is 80.5 cm³/mol. The molecule has 1 aliphatic rings. The van der Waals surface area contributed by atoms with Crippen LogP contribution in [0.2, 0.25) is 10.0 Å². The minimum Gasteiger partial charge on any atom is -0.478 e. The molecule has 0 amide bonds. The maximum atomic E-state index is 12.5. The van der Waals surface area contributed by atoms with Crippen LogP contribution in [-0.2, 0) is 10.0 Å². The minimum absolute atomic E-state index is 0.0172. The quantitative estimate of drug-likeness (QED) is 0.884. The molecule has 0 aliphatic heterocycles. The predicted octanol–water partition coefficient (Wildman–Crippen LogP) is 2.97. The fourth-order valence-corrected chi connectivity index (χ4v) is 4.26. The van der Waals surface area contributed by atoms with E-state index < -0.39 is 16.0 Å². The van der Waals surface area contributed by atoms with E-state index in [1.807, 2.05) is 0 Å². The first-order valence-electron chi connectivity index (χ1n) is 6.33. The van der Waals surface area contributed by atoms with E-state index >= 15 is 0 Å². The summed E-state index contributed by atoms with van der Waals surface area (Å²) in [6, 6.07) is 2.31. The number of carbonyl (C=O) groups is 1. The van der Waals surface area contributed by atoms with Gasteiger partial charge in [-0.3, -0.25) is 0 Å². The third-order valence-corrected chi connectivity index (χ3v) is 6.28. The molecule has 2 rings (SSSR count). The first kappa shape index (κ1) is 16.5. The Morgan fingerprint density at radius 3 is 2.48 bits per heavy atom. The highest BCUT2D eigenvalue weighted by Gasteiger charge is 2.37. The number of rotatable bonds is 5. The number of hydrogen-bond acceptors (Lipinski definition) is 3. The van der Waals surface area contributed by atoms with E-state index in [1.54, 1.807) is 0 Å². The molecule has 0 heterocycles. The first-order valence-corrected chi connectivity index (χ1v) is 8.53. The second-order valence-corrected chi connectivity index (χ2v) is 8.16. The first-order chi connectivity index (χ1) is 9.64. The Balaban J connectivity index is 2.41. The normalized spacial score (nSPS) is 21.6. The smallest absolute Gasteiger partial charge is 0.337 e. The standard InChI is InChI=1S/C13H15Cl2NO4S/c1-7-3-8(7)6-16(2)21(19,20)11-5-9(14)4-10(12(11)15)13(17)18/h4-5,7-8H,3,6H2,1-2H3,(H,17,18). The molecule has 1 aromatic rings. The summed E-state index contributed by atoms with van der Waals surface area (Å²) in [7, 11) is -2.42. The van der Waals surface area contributed by atoms with E-state index in [0.717, 1.165) is 12.5 Å². The van der Waals surface area contributed by atoms with Crippen LogP contribution in [0, 0.1) is 11.8 Å². The number of carboxylic acids is 1. The van der Waals surface area contributed by atoms with Gasteiger partial charge in [0.2, 0.25) is 10.0 Å². The lowest BCUT2D eigenvalue weighted by Gasteiger charge is -2.18. The van der Waals surface area contributed by atoms with Crippen LogP contribution in [-0.4, -0.2) is 37.4 Å². The topological polar surface area (TPSA) is 74.7 Å². The number of halogens is 2. The molecule has 0 aromatic heterocycles. The highest BCUT2D eigenvalue weighted by molar-refractivity contribution is 7.89. The van der Waals surface area contributed by atoms with Crippen molar-refractivity contribution in [1.29, 1.82) is 0 Å². The molecule has 1 fully saturated rings. The Hall–Kier alpha value is -0.820. The second-order valence-electron chi connectivity index (χ2n) is 5.33. The van der Waals surface area contributed by atoms with E-state index in [9.17, 15) is 13.2 Å². The number of carboxylic acid groups (broad SMARTS) is 1. The summed E-state index contributed by atoms with van der Waals surface area (Å²) >= 11 is 11.8. The fourth-order valence-electron chi connectivity index (χ4n) is 2.16. The summed E-state index contributed by atoms with van der Waals surface area (Å²) in [5.74, 6) is -0.480. The zero-order valence-electron chi connectivity index (χ0n) is 11.5. The van der Waals surface area contributed by atoms with Crippen LogP contribution in [0.5, 0.6) is 0 Å². The molecular weight excluding hydrogens is 337 g/mol. The lowest BCUT2D eigenvalue weighted by atomic mass is 10.2. The van der Waals surface area contributed by atoms with Gasteiger partial charge in [0.1, 0.15) is 4.90 Å². The van der Waals surface area contributed by atoms with Crippen molar-refractivity contribution in [2.45, 2.75) is 18.2 Å². The SMILES string of the molecule is CC1CC1CN(C)S(=O)(=O)c1cc(Cl)cc(C(=O)O)c1Cl. The van der Waals surface area contributed by atoms with Gasteiger partial charge >= 0.3 is 5.97 Å². The summed E-state index contributed by atoms with van der Waals surface area (Å²) in [6.45, 7) is 2.44. The molecule has 5 nitrogen and oxygen atoms in total. The molecule has 8 heteroatoms. The Morgan fingerprint density at radius 1 is 1.43 bits per heavy atom. The molecule has 1 aliphatic carbocycles. The number of benzene rings is 1. The van der Waals surface area contributed by atoms with Gasteiger partial charge in [-0.05, 0) is 30.4 Å². The molecule has 1 aromatic carbocycles. The Labute approximate surface area is 133 Å². The van der Waals surface area contributed by atoms with Gasteiger partial charge in [0.05, 0.1) is 10.6 Å². The van der Waals surface area contributed by atoms with Crippen LogP contribution in [0.1, 0.15) is 23.7 Å². The van der Waals surface area contributed by atoms with Gasteiger partial charge in [-0.15, -0.1) is 0 Å². The number of hydrogen-bond donors (Lipinski definition) is 1. The lowest BCUT2D eigenvalue weighted by molar-refractivity contribution is 0.0697. The van der Waals surface area contributed by atoms with Crippen molar-refractivity contribution in [3.8, 4) is 0 Å². The van der Waals surface area contributed by atoms with Crippen LogP contribution in [0.25, 0.3) is 0 Å². The van der Waals surface area contributed by atoms with Gasteiger partial charge in [0, 0.05) is 18.6 Å². The van der Waals surface area contributed by atoms with Crippen molar-refractivity contribution >= 4 is 39.2 Å². The van der Waals surface area contributed by atoms with Gasteiger partial charge in [0.15, 0.2) is 0 Å². The van der Waals surface area contributed by atoms with Crippen molar-refractivity contribution in [1.82, 2.24) is 4.31 Å². The van der Waals surface area contributed by atoms with Crippen LogP contribution in [0.15, 0.2) is 17.0 Å². The van der Waals surface area contributed by atoms with Crippen molar-refractivity contribution in [2.24, 2.45) is 11.8 Å². The van der Waals surface area contributed by atoms with Crippen LogP contribution in [0.3, 0.4) is 0 Å². The summed E-state index contributed by atoms with van der Waals surface area (Å²) in [4.78, 5) is 10.8. The van der Waals surface area contributed by atoms with E-state index in [0.29, 0.717) is 18.4 Å². The number of aromatic carboxylic acids is 1. The molecule has 2 unspecified atom stereocenters. The lowest BCUT2D eigenvalue weighted by Crippen LogP contribution is -2.29. The third kappa shape index (κ3) is 3.34. The van der Waals surface area contributed by atoms with Crippen LogP contribution < -0.4 is 0 Å². The fraction of sp³-hybridized carbons (Fsp3) is 0.462. The zero-order valence-corrected chi connectivity index (χ0v) is 13.8. The Kier molecular flexibility index (Phi) is 4.54. The summed E-state index contributed by atoms with van der Waals surface area (Å²) in [6.07, 6.45) is 0.990. The van der Waals surface area contributed by atoms with Gasteiger partial charge in [-0.1, -0.05) is 30.1 Å². The second kappa shape index (κ2) is 5.76. The average molecular weight is 352 g/mol. The molecule has 21 heavy (non-hydrogen) atoms. The number of nitrogens with zero attached hydrogens (tertiary/aromatic N) is 1. The zero-order chi connectivity index (χ0) is 15.9. The van der Waals surface area contributed by atoms with E-state index in [4.69, 9.17) is 28.3 Å². The van der Waals surface area contributed by atoms with Crippen molar-refractivity contribution in [3.05, 3.63) is 27.7 Å². The summed E-state index contributed by atoms with van der Waals surface area (Å²) < 4.78 is 26.3. The monoisotopic (exact) mass is 351 g/mol. The maximum Gasteiger partial charge on any atom is 0.337 e. The third-order valence-electron chi connectivity index (χ3n) is 3.69.